The molecule has 1 amide bonds. The Morgan fingerprint density at radius 1 is 1.03 bits per heavy atom. The number of alkyl halides is 6. The van der Waals surface area contributed by atoms with Crippen molar-refractivity contribution in [3.05, 3.63) is 64.7 Å². The number of carbonyl (C=O) groups excluding carboxylic acids is 1. The van der Waals surface area contributed by atoms with Crippen LogP contribution in [0.25, 0.3) is 0 Å². The van der Waals surface area contributed by atoms with Gasteiger partial charge in [0.15, 0.2) is 0 Å². The highest BCUT2D eigenvalue weighted by Crippen LogP contribution is 2.33. The molecule has 2 aromatic rings. The first kappa shape index (κ1) is 28.9. The van der Waals surface area contributed by atoms with E-state index in [4.69, 9.17) is 0 Å². The molecule has 0 aromatic heterocycles. The van der Waals surface area contributed by atoms with E-state index < -0.39 is 56.0 Å². The molecule has 1 aliphatic rings. The van der Waals surface area contributed by atoms with Crippen molar-refractivity contribution in [1.82, 2.24) is 10.2 Å². The minimum atomic E-state index is -4.92. The van der Waals surface area contributed by atoms with Crippen LogP contribution in [0.2, 0.25) is 0 Å². The summed E-state index contributed by atoms with van der Waals surface area (Å²) in [5, 5.41) is 3.04. The number of amides is 1. The van der Waals surface area contributed by atoms with Crippen LogP contribution < -0.4 is 5.32 Å². The van der Waals surface area contributed by atoms with E-state index in [1.54, 1.807) is 0 Å². The molecule has 0 saturated carbocycles. The van der Waals surface area contributed by atoms with Gasteiger partial charge in [0.1, 0.15) is 0 Å². The second-order valence-electron chi connectivity index (χ2n) is 7.62. The maximum atomic E-state index is 13.4. The molecule has 194 valence electrons. The third-order valence-corrected chi connectivity index (χ3v) is 6.60. The fourth-order valence-electron chi connectivity index (χ4n) is 3.61. The summed E-state index contributed by atoms with van der Waals surface area (Å²) in [5.41, 5.74) is -2.17. The monoisotopic (exact) mass is 546 g/mol. The number of nitrogens with zero attached hydrogens (tertiary/aromatic N) is 1. The van der Waals surface area contributed by atoms with Crippen LogP contribution >= 0.6 is 12.4 Å². The predicted molar refractivity (Wildman–Crippen MR) is 116 cm³/mol. The molecule has 0 radical (unpaired) electrons. The van der Waals surface area contributed by atoms with Crippen LogP contribution in [0.3, 0.4) is 0 Å². The summed E-state index contributed by atoms with van der Waals surface area (Å²) < 4.78 is 107. The molecule has 1 heterocycles. The Labute approximate surface area is 203 Å². The van der Waals surface area contributed by atoms with Crippen LogP contribution in [0.15, 0.2) is 47.4 Å². The minimum Gasteiger partial charge on any atom is -0.333 e. The average molecular weight is 547 g/mol. The number of piperazine rings is 1. The van der Waals surface area contributed by atoms with Gasteiger partial charge in [0.25, 0.3) is 16.0 Å². The zero-order chi connectivity index (χ0) is 25.3. The molecule has 6 nitrogen and oxygen atoms in total. The number of benzene rings is 2. The molecule has 35 heavy (non-hydrogen) atoms. The molecule has 0 aliphatic carbocycles. The lowest BCUT2D eigenvalue weighted by Crippen LogP contribution is -2.54. The van der Waals surface area contributed by atoms with E-state index in [2.05, 4.69) is 9.50 Å². The van der Waals surface area contributed by atoms with E-state index in [0.717, 1.165) is 25.3 Å². The van der Waals surface area contributed by atoms with Crippen LogP contribution in [-0.2, 0) is 33.1 Å². The summed E-state index contributed by atoms with van der Waals surface area (Å²) in [5.74, 6) is -0.836. The molecular formula is C21H21ClF6N2O4S. The van der Waals surface area contributed by atoms with Gasteiger partial charge in [-0.25, -0.2) is 0 Å². The lowest BCUT2D eigenvalue weighted by molar-refractivity contribution is -0.138. The van der Waals surface area contributed by atoms with Gasteiger partial charge in [0.2, 0.25) is 0 Å². The first-order valence-corrected chi connectivity index (χ1v) is 11.3. The summed E-state index contributed by atoms with van der Waals surface area (Å²) in [4.78, 5) is 13.6. The summed E-state index contributed by atoms with van der Waals surface area (Å²) in [7, 11) is -3.74. The van der Waals surface area contributed by atoms with E-state index in [1.807, 2.05) is 0 Å². The Bertz CT molecular complexity index is 1150. The summed E-state index contributed by atoms with van der Waals surface area (Å²) >= 11 is 0. The average Bonchev–Trinajstić information content (AvgIpc) is 2.78. The smallest absolute Gasteiger partial charge is 0.333 e. The van der Waals surface area contributed by atoms with Crippen molar-refractivity contribution in [2.75, 3.05) is 26.7 Å². The largest absolute Gasteiger partial charge is 0.416 e. The molecule has 0 bridgehead atoms. The van der Waals surface area contributed by atoms with Crippen molar-refractivity contribution in [3.8, 4) is 0 Å². The fourth-order valence-corrected chi connectivity index (χ4v) is 4.34. The zero-order valence-electron chi connectivity index (χ0n) is 18.1. The Morgan fingerprint density at radius 3 is 2.17 bits per heavy atom. The predicted octanol–water partition coefficient (Wildman–Crippen LogP) is 4.14. The molecule has 1 saturated heterocycles. The van der Waals surface area contributed by atoms with Gasteiger partial charge in [-0.05, 0) is 42.3 Å². The van der Waals surface area contributed by atoms with Crippen LogP contribution in [0, 0.1) is 0 Å². The summed E-state index contributed by atoms with van der Waals surface area (Å²) in [6, 6.07) is 5.53. The van der Waals surface area contributed by atoms with Crippen LogP contribution in [0.4, 0.5) is 26.3 Å². The third kappa shape index (κ3) is 6.87. The number of hydrogen-bond donors (Lipinski definition) is 1. The number of rotatable bonds is 5. The second-order valence-corrected chi connectivity index (χ2v) is 9.33. The quantitative estimate of drug-likeness (QED) is 0.451. The normalized spacial score (nSPS) is 17.1. The molecule has 0 unspecified atom stereocenters. The first-order valence-electron chi connectivity index (χ1n) is 9.93. The van der Waals surface area contributed by atoms with Gasteiger partial charge in [-0.3, -0.25) is 8.98 Å². The highest BCUT2D eigenvalue weighted by Gasteiger charge is 2.35. The molecule has 14 heteroatoms. The number of halogens is 7. The van der Waals surface area contributed by atoms with E-state index in [0.29, 0.717) is 24.2 Å². The van der Waals surface area contributed by atoms with Gasteiger partial charge in [-0.15, -0.1) is 12.4 Å². The van der Waals surface area contributed by atoms with Gasteiger partial charge in [0.05, 0.1) is 23.1 Å². The second kappa shape index (κ2) is 10.7. The van der Waals surface area contributed by atoms with Crippen molar-refractivity contribution in [1.29, 1.82) is 0 Å². The van der Waals surface area contributed by atoms with Crippen molar-refractivity contribution < 1.29 is 43.7 Å². The van der Waals surface area contributed by atoms with Gasteiger partial charge >= 0.3 is 12.4 Å². The van der Waals surface area contributed by atoms with E-state index >= 15 is 0 Å². The van der Waals surface area contributed by atoms with E-state index in [1.165, 1.54) is 17.0 Å². The topological polar surface area (TPSA) is 75.7 Å². The molecular weight excluding hydrogens is 526 g/mol. The Morgan fingerprint density at radius 2 is 1.63 bits per heavy atom. The number of carbonyl (C=O) groups is 1. The van der Waals surface area contributed by atoms with Gasteiger partial charge in [-0.2, -0.15) is 34.8 Å². The molecule has 1 aliphatic heterocycles. The van der Waals surface area contributed by atoms with E-state index in [-0.39, 0.29) is 31.9 Å². The molecule has 1 fully saturated rings. The Kier molecular flexibility index (Phi) is 8.85. The highest BCUT2D eigenvalue weighted by molar-refractivity contribution is 7.86. The standard InChI is InChI=1S/C21H20F6N2O4S.ClH/c1-33-34(31,32)18-10-14(9-16(11-18)21(25,26)27)19(30)29-7-6-28-12-17(29)8-13-2-4-15(5-3-13)20(22,23)24;/h2-5,9-11,17,28H,6-8,12H2,1H3;1H/t17-;/m1./s1. The molecule has 1 atom stereocenters. The fraction of sp³-hybridized carbons (Fsp3) is 0.381. The maximum absolute atomic E-state index is 13.4. The summed E-state index contributed by atoms with van der Waals surface area (Å²) in [6.45, 7) is 0.680. The van der Waals surface area contributed by atoms with Crippen molar-refractivity contribution in [2.45, 2.75) is 29.7 Å². The highest BCUT2D eigenvalue weighted by atomic mass is 35.5. The van der Waals surface area contributed by atoms with Crippen molar-refractivity contribution in [3.63, 3.8) is 0 Å². The minimum absolute atomic E-state index is 0. The van der Waals surface area contributed by atoms with Gasteiger partial charge < -0.3 is 10.2 Å². The lowest BCUT2D eigenvalue weighted by atomic mass is 10.00. The van der Waals surface area contributed by atoms with Crippen LogP contribution in [0.1, 0.15) is 27.0 Å². The lowest BCUT2D eigenvalue weighted by Gasteiger charge is -2.36. The molecule has 2 aromatic carbocycles. The Balaban J connectivity index is 0.00000432. The SMILES string of the molecule is COS(=O)(=O)c1cc(C(=O)N2CCNC[C@H]2Cc2ccc(C(F)(F)F)cc2)cc(C(F)(F)F)c1.Cl. The third-order valence-electron chi connectivity index (χ3n) is 5.35. The van der Waals surface area contributed by atoms with E-state index in [9.17, 15) is 39.6 Å². The van der Waals surface area contributed by atoms with Gasteiger partial charge in [-0.1, -0.05) is 12.1 Å². The van der Waals surface area contributed by atoms with Gasteiger partial charge in [0, 0.05) is 31.2 Å². The maximum Gasteiger partial charge on any atom is 0.416 e. The van der Waals surface area contributed by atoms with Crippen molar-refractivity contribution in [2.24, 2.45) is 0 Å². The molecule has 0 spiro atoms. The summed E-state index contributed by atoms with van der Waals surface area (Å²) in [6.07, 6.45) is -9.28. The molecule has 1 N–H and O–H groups in total. The number of nitrogens with one attached hydrogen (secondary N) is 1. The Hall–Kier alpha value is -2.35. The van der Waals surface area contributed by atoms with Crippen LogP contribution in [0.5, 0.6) is 0 Å². The van der Waals surface area contributed by atoms with Crippen molar-refractivity contribution >= 4 is 28.4 Å². The zero-order valence-corrected chi connectivity index (χ0v) is 19.7. The van der Waals surface area contributed by atoms with Crippen LogP contribution in [-0.4, -0.2) is 52.0 Å². The molecule has 3 rings (SSSR count). The first-order chi connectivity index (χ1) is 15.7. The number of hydrogen-bond acceptors (Lipinski definition) is 5.